The quantitative estimate of drug-likeness (QED) is 0.628. The van der Waals surface area contributed by atoms with Gasteiger partial charge in [0.25, 0.3) is 0 Å². The third-order valence-corrected chi connectivity index (χ3v) is 4.65. The molecule has 3 rings (SSSR count). The first-order valence-corrected chi connectivity index (χ1v) is 9.39. The van der Waals surface area contributed by atoms with E-state index >= 15 is 0 Å². The Kier molecular flexibility index (Phi) is 6.44. The second kappa shape index (κ2) is 9.19. The van der Waals surface area contributed by atoms with E-state index in [0.29, 0.717) is 24.3 Å². The molecule has 0 unspecified atom stereocenters. The third-order valence-electron chi connectivity index (χ3n) is 4.65. The van der Waals surface area contributed by atoms with E-state index in [0.717, 1.165) is 24.9 Å². The largest absolute Gasteiger partial charge is 0.326 e. The van der Waals surface area contributed by atoms with Crippen molar-refractivity contribution in [3.05, 3.63) is 53.6 Å². The van der Waals surface area contributed by atoms with E-state index in [2.05, 4.69) is 27.3 Å². The summed E-state index contributed by atoms with van der Waals surface area (Å²) in [4.78, 5) is 24.3. The maximum atomic E-state index is 12.4. The van der Waals surface area contributed by atoms with Crippen LogP contribution in [0.4, 0.5) is 21.9 Å². The van der Waals surface area contributed by atoms with E-state index in [4.69, 9.17) is 0 Å². The molecule has 2 aromatic carbocycles. The van der Waals surface area contributed by atoms with Gasteiger partial charge in [0.2, 0.25) is 5.91 Å². The summed E-state index contributed by atoms with van der Waals surface area (Å²) in [7, 11) is 1.81. The summed E-state index contributed by atoms with van der Waals surface area (Å²) in [5.74, 6) is -0.0677. The van der Waals surface area contributed by atoms with Gasteiger partial charge in [-0.1, -0.05) is 18.2 Å². The van der Waals surface area contributed by atoms with E-state index in [1.807, 2.05) is 12.1 Å². The first kappa shape index (κ1) is 18.9. The maximum Gasteiger partial charge on any atom is 0.323 e. The molecular formula is C21H26N4O2. The van der Waals surface area contributed by atoms with Gasteiger partial charge < -0.3 is 21.3 Å². The summed E-state index contributed by atoms with van der Waals surface area (Å²) < 4.78 is 0. The van der Waals surface area contributed by atoms with Gasteiger partial charge in [0.05, 0.1) is 0 Å². The molecule has 1 aliphatic rings. The molecule has 0 bridgehead atoms. The van der Waals surface area contributed by atoms with Gasteiger partial charge in [0.15, 0.2) is 0 Å². The predicted octanol–water partition coefficient (Wildman–Crippen LogP) is 3.76. The lowest BCUT2D eigenvalue weighted by atomic mass is 9.90. The fourth-order valence-corrected chi connectivity index (χ4v) is 3.32. The molecule has 0 heterocycles. The molecule has 0 saturated carbocycles. The van der Waals surface area contributed by atoms with E-state index in [9.17, 15) is 9.59 Å². The van der Waals surface area contributed by atoms with Gasteiger partial charge in [-0.3, -0.25) is 4.79 Å². The van der Waals surface area contributed by atoms with Crippen molar-refractivity contribution in [3.8, 4) is 0 Å². The number of hydrogen-bond donors (Lipinski definition) is 4. The van der Waals surface area contributed by atoms with Crippen LogP contribution in [-0.2, 0) is 17.6 Å². The van der Waals surface area contributed by atoms with Crippen LogP contribution in [0.2, 0.25) is 0 Å². The minimum Gasteiger partial charge on any atom is -0.326 e. The lowest BCUT2D eigenvalue weighted by Crippen LogP contribution is -2.21. The van der Waals surface area contributed by atoms with Crippen LogP contribution in [0.1, 0.15) is 30.4 Å². The highest BCUT2D eigenvalue weighted by molar-refractivity contribution is 6.01. The molecule has 0 aliphatic heterocycles. The van der Waals surface area contributed by atoms with Gasteiger partial charge in [-0.05, 0) is 68.1 Å². The highest BCUT2D eigenvalue weighted by Gasteiger charge is 2.14. The number of hydrogen-bond acceptors (Lipinski definition) is 3. The molecule has 6 nitrogen and oxygen atoms in total. The lowest BCUT2D eigenvalue weighted by molar-refractivity contribution is -0.116. The van der Waals surface area contributed by atoms with Crippen molar-refractivity contribution in [2.45, 2.75) is 32.1 Å². The molecule has 0 spiro atoms. The Morgan fingerprint density at radius 1 is 0.926 bits per heavy atom. The van der Waals surface area contributed by atoms with Crippen LogP contribution < -0.4 is 21.3 Å². The van der Waals surface area contributed by atoms with Crippen LogP contribution >= 0.6 is 0 Å². The van der Waals surface area contributed by atoms with Crippen LogP contribution in [-0.4, -0.2) is 25.5 Å². The number of carbonyl (C=O) groups is 2. The highest BCUT2D eigenvalue weighted by Crippen LogP contribution is 2.28. The molecule has 0 fully saturated rings. The SMILES string of the molecule is CNCCC(=O)Nc1cccc(NC(=O)Nc2cccc3c2CCCC3)c1. The number of urea groups is 1. The molecule has 0 saturated heterocycles. The summed E-state index contributed by atoms with van der Waals surface area (Å²) in [6.45, 7) is 0.619. The topological polar surface area (TPSA) is 82.3 Å². The van der Waals surface area contributed by atoms with Crippen LogP contribution in [0.25, 0.3) is 0 Å². The zero-order valence-electron chi connectivity index (χ0n) is 15.6. The Morgan fingerprint density at radius 3 is 2.48 bits per heavy atom. The second-order valence-corrected chi connectivity index (χ2v) is 6.71. The summed E-state index contributed by atoms with van der Waals surface area (Å²) in [6.07, 6.45) is 4.83. The monoisotopic (exact) mass is 366 g/mol. The van der Waals surface area contributed by atoms with Gasteiger partial charge >= 0.3 is 6.03 Å². The number of carbonyl (C=O) groups excluding carboxylic acids is 2. The predicted molar refractivity (Wildman–Crippen MR) is 109 cm³/mol. The normalized spacial score (nSPS) is 12.8. The zero-order chi connectivity index (χ0) is 19.1. The van der Waals surface area contributed by atoms with Crippen molar-refractivity contribution in [3.63, 3.8) is 0 Å². The third kappa shape index (κ3) is 5.31. The minimum absolute atomic E-state index is 0.0677. The highest BCUT2D eigenvalue weighted by atomic mass is 16.2. The standard InChI is InChI=1S/C21H26N4O2/c1-22-13-12-20(26)23-16-8-5-9-17(14-16)24-21(27)25-19-11-4-7-15-6-2-3-10-18(15)19/h4-5,7-9,11,14,22H,2-3,6,10,12-13H2,1H3,(H,23,26)(H2,24,25,27). The molecule has 4 N–H and O–H groups in total. The molecular weight excluding hydrogens is 340 g/mol. The van der Waals surface area contributed by atoms with E-state index < -0.39 is 0 Å². The average Bonchev–Trinajstić information content (AvgIpc) is 2.67. The number of rotatable bonds is 6. The van der Waals surface area contributed by atoms with Crippen LogP contribution in [0.3, 0.4) is 0 Å². The molecule has 0 atom stereocenters. The lowest BCUT2D eigenvalue weighted by Gasteiger charge is -2.19. The van der Waals surface area contributed by atoms with Crippen LogP contribution in [0.15, 0.2) is 42.5 Å². The summed E-state index contributed by atoms with van der Waals surface area (Å²) in [5, 5.41) is 11.6. The first-order valence-electron chi connectivity index (χ1n) is 9.39. The molecule has 142 valence electrons. The number of anilines is 3. The van der Waals surface area contributed by atoms with Gasteiger partial charge in [-0.25, -0.2) is 4.79 Å². The first-order chi connectivity index (χ1) is 13.2. The van der Waals surface area contributed by atoms with Crippen molar-refractivity contribution < 1.29 is 9.59 Å². The Hall–Kier alpha value is -2.86. The number of benzene rings is 2. The second-order valence-electron chi connectivity index (χ2n) is 6.71. The molecule has 6 heteroatoms. The Bertz CT molecular complexity index is 820. The molecule has 27 heavy (non-hydrogen) atoms. The van der Waals surface area contributed by atoms with Crippen molar-refractivity contribution >= 4 is 29.0 Å². The smallest absolute Gasteiger partial charge is 0.323 e. The van der Waals surface area contributed by atoms with Crippen LogP contribution in [0.5, 0.6) is 0 Å². The van der Waals surface area contributed by atoms with Gasteiger partial charge in [0, 0.05) is 30.0 Å². The van der Waals surface area contributed by atoms with E-state index in [1.165, 1.54) is 17.5 Å². The van der Waals surface area contributed by atoms with Crippen molar-refractivity contribution in [1.29, 1.82) is 0 Å². The van der Waals surface area contributed by atoms with Crippen molar-refractivity contribution in [2.75, 3.05) is 29.5 Å². The maximum absolute atomic E-state index is 12.4. The van der Waals surface area contributed by atoms with Crippen molar-refractivity contribution in [2.24, 2.45) is 0 Å². The number of amides is 3. The molecule has 0 aromatic heterocycles. The van der Waals surface area contributed by atoms with E-state index in [-0.39, 0.29) is 11.9 Å². The zero-order valence-corrected chi connectivity index (χ0v) is 15.6. The average molecular weight is 366 g/mol. The molecule has 1 aliphatic carbocycles. The minimum atomic E-state index is -0.285. The van der Waals surface area contributed by atoms with Crippen molar-refractivity contribution in [1.82, 2.24) is 5.32 Å². The fourth-order valence-electron chi connectivity index (χ4n) is 3.32. The summed E-state index contributed by atoms with van der Waals surface area (Å²) in [6, 6.07) is 12.9. The fraction of sp³-hybridized carbons (Fsp3) is 0.333. The number of aryl methyl sites for hydroxylation is 1. The Balaban J connectivity index is 1.61. The molecule has 2 aromatic rings. The van der Waals surface area contributed by atoms with Gasteiger partial charge in [-0.2, -0.15) is 0 Å². The molecule has 0 radical (unpaired) electrons. The summed E-state index contributed by atoms with van der Waals surface area (Å²) in [5.41, 5.74) is 4.73. The van der Waals surface area contributed by atoms with E-state index in [1.54, 1.807) is 31.3 Å². The van der Waals surface area contributed by atoms with Gasteiger partial charge in [-0.15, -0.1) is 0 Å². The number of fused-ring (bicyclic) bond motifs is 1. The Morgan fingerprint density at radius 2 is 1.67 bits per heavy atom. The van der Waals surface area contributed by atoms with Crippen LogP contribution in [0, 0.1) is 0 Å². The summed E-state index contributed by atoms with van der Waals surface area (Å²) >= 11 is 0. The molecule has 3 amide bonds. The Labute approximate surface area is 159 Å². The van der Waals surface area contributed by atoms with Gasteiger partial charge in [0.1, 0.15) is 0 Å². The number of nitrogens with one attached hydrogen (secondary N) is 4.